The summed E-state index contributed by atoms with van der Waals surface area (Å²) in [5.74, 6) is -0.558. The van der Waals surface area contributed by atoms with Crippen LogP contribution in [0.5, 0.6) is 0 Å². The smallest absolute Gasteiger partial charge is 0.328 e. The Balaban J connectivity index is 1.61. The zero-order valence-corrected chi connectivity index (χ0v) is 14.3. The minimum Gasteiger partial charge on any atom is -0.480 e. The number of aromatic nitrogens is 2. The van der Waals surface area contributed by atoms with E-state index < -0.39 is 12.0 Å². The van der Waals surface area contributed by atoms with Crippen LogP contribution in [0.4, 0.5) is 0 Å². The summed E-state index contributed by atoms with van der Waals surface area (Å²) in [7, 11) is 0. The van der Waals surface area contributed by atoms with Gasteiger partial charge in [0.2, 0.25) is 0 Å². The molecule has 25 heavy (non-hydrogen) atoms. The van der Waals surface area contributed by atoms with Crippen molar-refractivity contribution in [1.29, 1.82) is 0 Å². The van der Waals surface area contributed by atoms with Crippen molar-refractivity contribution in [2.24, 2.45) is 5.92 Å². The predicted molar refractivity (Wildman–Crippen MR) is 93.3 cm³/mol. The van der Waals surface area contributed by atoms with Crippen molar-refractivity contribution < 1.29 is 14.7 Å². The van der Waals surface area contributed by atoms with Gasteiger partial charge in [0.15, 0.2) is 0 Å². The summed E-state index contributed by atoms with van der Waals surface area (Å²) in [6.45, 7) is 2.92. The highest BCUT2D eigenvalue weighted by Crippen LogP contribution is 2.23. The van der Waals surface area contributed by atoms with Crippen molar-refractivity contribution in [3.8, 4) is 0 Å². The number of benzene rings is 1. The zero-order valence-electron chi connectivity index (χ0n) is 14.3. The lowest BCUT2D eigenvalue weighted by Gasteiger charge is -2.32. The van der Waals surface area contributed by atoms with Crippen LogP contribution in [0.15, 0.2) is 42.6 Å². The Morgan fingerprint density at radius 1 is 1.20 bits per heavy atom. The summed E-state index contributed by atoms with van der Waals surface area (Å²) in [4.78, 5) is 25.7. The highest BCUT2D eigenvalue weighted by molar-refractivity contribution is 5.93. The highest BCUT2D eigenvalue weighted by Gasteiger charge is 2.28. The Morgan fingerprint density at radius 2 is 1.88 bits per heavy atom. The molecule has 0 spiro atoms. The average Bonchev–Trinajstić information content (AvgIpc) is 3.11. The average molecular weight is 341 g/mol. The zero-order chi connectivity index (χ0) is 17.8. The van der Waals surface area contributed by atoms with E-state index in [1.54, 1.807) is 6.07 Å². The van der Waals surface area contributed by atoms with E-state index in [-0.39, 0.29) is 5.91 Å². The summed E-state index contributed by atoms with van der Waals surface area (Å²) >= 11 is 0. The molecule has 1 aliphatic heterocycles. The van der Waals surface area contributed by atoms with Crippen LogP contribution in [0.3, 0.4) is 0 Å². The Hall–Kier alpha value is -2.63. The van der Waals surface area contributed by atoms with E-state index in [2.05, 4.69) is 29.4 Å². The first kappa shape index (κ1) is 17.2. The van der Waals surface area contributed by atoms with Crippen LogP contribution in [0.2, 0.25) is 0 Å². The lowest BCUT2D eigenvalue weighted by Crippen LogP contribution is -2.40. The third kappa shape index (κ3) is 3.90. The first-order valence-corrected chi connectivity index (χ1v) is 8.65. The van der Waals surface area contributed by atoms with Crippen molar-refractivity contribution in [3.63, 3.8) is 0 Å². The molecule has 1 amide bonds. The van der Waals surface area contributed by atoms with E-state index in [0.717, 1.165) is 19.3 Å². The van der Waals surface area contributed by atoms with Gasteiger partial charge in [-0.05, 0) is 43.7 Å². The van der Waals surface area contributed by atoms with E-state index in [4.69, 9.17) is 5.11 Å². The van der Waals surface area contributed by atoms with Gasteiger partial charge in [0.25, 0.3) is 5.91 Å². The Kier molecular flexibility index (Phi) is 5.16. The number of rotatable bonds is 5. The van der Waals surface area contributed by atoms with Crippen LogP contribution in [0, 0.1) is 5.92 Å². The van der Waals surface area contributed by atoms with E-state index in [1.807, 2.05) is 11.0 Å². The number of likely N-dealkylation sites (tertiary alicyclic amines) is 1. The van der Waals surface area contributed by atoms with Gasteiger partial charge in [0.1, 0.15) is 11.7 Å². The minimum absolute atomic E-state index is 0.135. The van der Waals surface area contributed by atoms with Crippen LogP contribution in [0.1, 0.15) is 41.9 Å². The number of piperidine rings is 1. The maximum atomic E-state index is 12.7. The first-order valence-electron chi connectivity index (χ1n) is 8.65. The number of nitrogens with zero attached hydrogens (tertiary/aromatic N) is 3. The first-order chi connectivity index (χ1) is 12.1. The van der Waals surface area contributed by atoms with Crippen LogP contribution in [-0.2, 0) is 11.2 Å². The predicted octanol–water partition coefficient (Wildman–Crippen LogP) is 2.62. The van der Waals surface area contributed by atoms with Crippen molar-refractivity contribution in [2.75, 3.05) is 13.1 Å². The normalized spacial score (nSPS) is 16.6. The topological polar surface area (TPSA) is 75.4 Å². The molecule has 1 saturated heterocycles. The van der Waals surface area contributed by atoms with E-state index in [0.29, 0.717) is 24.7 Å². The molecule has 2 heterocycles. The lowest BCUT2D eigenvalue weighted by molar-refractivity contribution is -0.140. The highest BCUT2D eigenvalue weighted by atomic mass is 16.4. The minimum atomic E-state index is -1.00. The molecule has 1 aliphatic rings. The molecule has 6 nitrogen and oxygen atoms in total. The molecule has 3 rings (SSSR count). The summed E-state index contributed by atoms with van der Waals surface area (Å²) in [5, 5.41) is 13.2. The van der Waals surface area contributed by atoms with E-state index in [9.17, 15) is 9.59 Å². The van der Waals surface area contributed by atoms with Crippen molar-refractivity contribution in [3.05, 3.63) is 53.9 Å². The number of carboxylic acid groups (broad SMARTS) is 1. The van der Waals surface area contributed by atoms with Gasteiger partial charge < -0.3 is 10.0 Å². The third-order valence-corrected chi connectivity index (χ3v) is 4.88. The number of aliphatic carboxylic acids is 1. The van der Waals surface area contributed by atoms with Gasteiger partial charge >= 0.3 is 5.97 Å². The second kappa shape index (κ2) is 7.51. The van der Waals surface area contributed by atoms with Gasteiger partial charge in [-0.2, -0.15) is 5.10 Å². The number of carboxylic acids is 1. The molecular formula is C19H23N3O3. The molecule has 1 fully saturated rings. The van der Waals surface area contributed by atoms with Crippen LogP contribution in [0.25, 0.3) is 0 Å². The molecule has 6 heteroatoms. The summed E-state index contributed by atoms with van der Waals surface area (Å²) in [5.41, 5.74) is 1.68. The molecule has 0 radical (unpaired) electrons. The fourth-order valence-corrected chi connectivity index (χ4v) is 3.35. The monoisotopic (exact) mass is 341 g/mol. The number of amides is 1. The van der Waals surface area contributed by atoms with Gasteiger partial charge in [0.05, 0.1) is 0 Å². The number of carbonyl (C=O) groups is 2. The van der Waals surface area contributed by atoms with Gasteiger partial charge in [-0.3, -0.25) is 4.79 Å². The maximum absolute atomic E-state index is 12.7. The third-order valence-electron chi connectivity index (χ3n) is 4.88. The molecule has 2 aromatic rings. The van der Waals surface area contributed by atoms with E-state index in [1.165, 1.54) is 23.4 Å². The standard InChI is InChI=1S/C19H23N3O3/c1-14(19(24)25)22-17(7-10-20-22)18(23)21-11-8-16(9-12-21)13-15-5-3-2-4-6-15/h2-7,10,14,16H,8-9,11-13H2,1H3,(H,24,25). The van der Waals surface area contributed by atoms with Crippen molar-refractivity contribution >= 4 is 11.9 Å². The van der Waals surface area contributed by atoms with Crippen LogP contribution >= 0.6 is 0 Å². The molecule has 1 atom stereocenters. The Morgan fingerprint density at radius 3 is 2.52 bits per heavy atom. The Bertz CT molecular complexity index is 733. The molecule has 0 aliphatic carbocycles. The quantitative estimate of drug-likeness (QED) is 0.907. The number of hydrogen-bond acceptors (Lipinski definition) is 3. The molecule has 0 saturated carbocycles. The molecule has 1 aromatic carbocycles. The SMILES string of the molecule is CC(C(=O)O)n1nccc1C(=O)N1CCC(Cc2ccccc2)CC1. The number of carbonyl (C=O) groups excluding carboxylic acids is 1. The second-order valence-corrected chi connectivity index (χ2v) is 6.60. The number of hydrogen-bond donors (Lipinski definition) is 1. The molecule has 1 unspecified atom stereocenters. The van der Waals surface area contributed by atoms with Crippen LogP contribution in [-0.4, -0.2) is 44.8 Å². The molecular weight excluding hydrogens is 318 g/mol. The second-order valence-electron chi connectivity index (χ2n) is 6.60. The van der Waals surface area contributed by atoms with E-state index >= 15 is 0 Å². The van der Waals surface area contributed by atoms with Gasteiger partial charge in [-0.1, -0.05) is 30.3 Å². The molecule has 0 bridgehead atoms. The largest absolute Gasteiger partial charge is 0.480 e. The Labute approximate surface area is 147 Å². The lowest BCUT2D eigenvalue weighted by atomic mass is 9.90. The van der Waals surface area contributed by atoms with Crippen molar-refractivity contribution in [1.82, 2.24) is 14.7 Å². The maximum Gasteiger partial charge on any atom is 0.328 e. The van der Waals surface area contributed by atoms with Gasteiger partial charge in [-0.15, -0.1) is 0 Å². The molecule has 132 valence electrons. The molecule has 1 aromatic heterocycles. The fourth-order valence-electron chi connectivity index (χ4n) is 3.35. The van der Waals surface area contributed by atoms with Gasteiger partial charge in [-0.25, -0.2) is 9.48 Å². The van der Waals surface area contributed by atoms with Crippen LogP contribution < -0.4 is 0 Å². The summed E-state index contributed by atoms with van der Waals surface area (Å²) in [6.07, 6.45) is 4.44. The fraction of sp³-hybridized carbons (Fsp3) is 0.421. The van der Waals surface area contributed by atoms with Gasteiger partial charge in [0, 0.05) is 19.3 Å². The van der Waals surface area contributed by atoms with Crippen molar-refractivity contribution in [2.45, 2.75) is 32.2 Å². The molecule has 1 N–H and O–H groups in total. The summed E-state index contributed by atoms with van der Waals surface area (Å²) in [6, 6.07) is 11.2. The summed E-state index contributed by atoms with van der Waals surface area (Å²) < 4.78 is 1.29.